The Morgan fingerprint density at radius 2 is 1.75 bits per heavy atom. The third-order valence-corrected chi connectivity index (χ3v) is 2.99. The number of fused-ring (bicyclic) bond motifs is 1. The zero-order chi connectivity index (χ0) is 14.3. The van der Waals surface area contributed by atoms with Crippen molar-refractivity contribution in [3.05, 3.63) is 47.5 Å². The summed E-state index contributed by atoms with van der Waals surface area (Å²) < 4.78 is 5.05. The number of phenols is 3. The highest BCUT2D eigenvalue weighted by Gasteiger charge is 2.27. The molecule has 0 radical (unpaired) electrons. The molecule has 2 aromatic carbocycles. The molecule has 5 nitrogen and oxygen atoms in total. The Morgan fingerprint density at radius 3 is 2.50 bits per heavy atom. The Bertz CT molecular complexity index is 746. The van der Waals surface area contributed by atoms with Crippen LogP contribution in [-0.2, 0) is 4.79 Å². The first-order chi connectivity index (χ1) is 9.54. The van der Waals surface area contributed by atoms with E-state index in [2.05, 4.69) is 0 Å². The van der Waals surface area contributed by atoms with Gasteiger partial charge in [0.25, 0.3) is 0 Å². The van der Waals surface area contributed by atoms with E-state index in [4.69, 9.17) is 4.74 Å². The molecule has 0 saturated carbocycles. The van der Waals surface area contributed by atoms with Gasteiger partial charge in [0.15, 0.2) is 11.5 Å². The molecule has 1 heterocycles. The van der Waals surface area contributed by atoms with Crippen LogP contribution in [0.4, 0.5) is 0 Å². The SMILES string of the molecule is O=C1Oc2cc(O)ccc2/C1=C/c1ccc(O)c(O)c1. The van der Waals surface area contributed by atoms with Crippen LogP contribution in [0.3, 0.4) is 0 Å². The summed E-state index contributed by atoms with van der Waals surface area (Å²) in [4.78, 5) is 11.8. The number of carbonyl (C=O) groups excluding carboxylic acids is 1. The van der Waals surface area contributed by atoms with Crippen molar-refractivity contribution >= 4 is 17.6 Å². The lowest BCUT2D eigenvalue weighted by Gasteiger charge is -2.00. The van der Waals surface area contributed by atoms with E-state index in [9.17, 15) is 20.1 Å². The van der Waals surface area contributed by atoms with Gasteiger partial charge >= 0.3 is 5.97 Å². The fraction of sp³-hybridized carbons (Fsp3) is 0. The second-order valence-corrected chi connectivity index (χ2v) is 4.38. The average molecular weight is 270 g/mol. The standard InChI is InChI=1S/C15H10O5/c16-9-2-3-10-11(15(19)20-14(10)7-9)5-8-1-4-12(17)13(18)6-8/h1-7,16-18H/b11-5-. The summed E-state index contributed by atoms with van der Waals surface area (Å²) in [6.07, 6.45) is 1.55. The number of benzene rings is 2. The quantitative estimate of drug-likeness (QED) is 0.320. The molecule has 3 N–H and O–H groups in total. The minimum atomic E-state index is -0.529. The normalized spacial score (nSPS) is 15.2. The van der Waals surface area contributed by atoms with Crippen LogP contribution >= 0.6 is 0 Å². The van der Waals surface area contributed by atoms with Gasteiger partial charge in [0.2, 0.25) is 0 Å². The van der Waals surface area contributed by atoms with Crippen LogP contribution < -0.4 is 4.74 Å². The molecule has 0 bridgehead atoms. The number of hydrogen-bond donors (Lipinski definition) is 3. The van der Waals surface area contributed by atoms with Crippen LogP contribution in [0.2, 0.25) is 0 Å². The summed E-state index contributed by atoms with van der Waals surface area (Å²) in [7, 11) is 0. The number of ether oxygens (including phenoxy) is 1. The predicted molar refractivity (Wildman–Crippen MR) is 71.4 cm³/mol. The molecule has 0 aliphatic carbocycles. The van der Waals surface area contributed by atoms with Crippen LogP contribution in [0, 0.1) is 0 Å². The largest absolute Gasteiger partial charge is 0.508 e. The maximum Gasteiger partial charge on any atom is 0.344 e. The molecule has 0 saturated heterocycles. The number of esters is 1. The van der Waals surface area contributed by atoms with Crippen molar-refractivity contribution < 1.29 is 24.9 Å². The molecule has 20 heavy (non-hydrogen) atoms. The molecule has 0 atom stereocenters. The molecule has 0 unspecified atom stereocenters. The van der Waals surface area contributed by atoms with E-state index in [1.165, 1.54) is 24.3 Å². The summed E-state index contributed by atoms with van der Waals surface area (Å²) in [6.45, 7) is 0. The molecule has 0 fully saturated rings. The minimum absolute atomic E-state index is 0.0140. The zero-order valence-corrected chi connectivity index (χ0v) is 10.2. The lowest BCUT2D eigenvalue weighted by Crippen LogP contribution is -2.00. The molecule has 0 aromatic heterocycles. The maximum atomic E-state index is 11.8. The van der Waals surface area contributed by atoms with Gasteiger partial charge < -0.3 is 20.1 Å². The third kappa shape index (κ3) is 1.95. The fourth-order valence-electron chi connectivity index (χ4n) is 2.02. The van der Waals surface area contributed by atoms with Crippen molar-refractivity contribution in [1.82, 2.24) is 0 Å². The number of hydrogen-bond acceptors (Lipinski definition) is 5. The fourth-order valence-corrected chi connectivity index (χ4v) is 2.02. The van der Waals surface area contributed by atoms with Gasteiger partial charge in [-0.3, -0.25) is 0 Å². The molecule has 0 amide bonds. The Hall–Kier alpha value is -2.95. The lowest BCUT2D eigenvalue weighted by molar-refractivity contribution is -0.126. The third-order valence-electron chi connectivity index (χ3n) is 2.99. The Morgan fingerprint density at radius 1 is 0.950 bits per heavy atom. The molecule has 100 valence electrons. The molecule has 2 aromatic rings. The first kappa shape index (κ1) is 12.1. The number of aromatic hydroxyl groups is 3. The summed E-state index contributed by atoms with van der Waals surface area (Å²) in [6, 6.07) is 8.65. The second kappa shape index (κ2) is 4.31. The second-order valence-electron chi connectivity index (χ2n) is 4.38. The Labute approximate surface area is 114 Å². The Kier molecular flexibility index (Phi) is 2.61. The average Bonchev–Trinajstić information content (AvgIpc) is 2.69. The van der Waals surface area contributed by atoms with E-state index in [0.717, 1.165) is 0 Å². The minimum Gasteiger partial charge on any atom is -0.508 e. The molecular weight excluding hydrogens is 260 g/mol. The molecule has 3 rings (SSSR count). The van der Waals surface area contributed by atoms with Crippen LogP contribution in [-0.4, -0.2) is 21.3 Å². The molecular formula is C15H10O5. The van der Waals surface area contributed by atoms with Crippen LogP contribution in [0.25, 0.3) is 11.6 Å². The first-order valence-corrected chi connectivity index (χ1v) is 5.84. The van der Waals surface area contributed by atoms with Gasteiger partial charge in [0, 0.05) is 11.6 Å². The van der Waals surface area contributed by atoms with Crippen LogP contribution in [0.5, 0.6) is 23.0 Å². The number of rotatable bonds is 1. The van der Waals surface area contributed by atoms with E-state index in [0.29, 0.717) is 22.4 Å². The predicted octanol–water partition coefficient (Wildman–Crippen LogP) is 2.26. The summed E-state index contributed by atoms with van der Waals surface area (Å²) in [5.41, 5.74) is 1.44. The highest BCUT2D eigenvalue weighted by molar-refractivity contribution is 6.26. The number of phenolic OH excluding ortho intramolecular Hbond substituents is 3. The van der Waals surface area contributed by atoms with E-state index in [-0.39, 0.29) is 17.2 Å². The number of carbonyl (C=O) groups is 1. The lowest BCUT2D eigenvalue weighted by atomic mass is 10.0. The van der Waals surface area contributed by atoms with E-state index in [1.54, 1.807) is 18.2 Å². The maximum absolute atomic E-state index is 11.8. The van der Waals surface area contributed by atoms with Gasteiger partial charge in [-0.25, -0.2) is 4.79 Å². The van der Waals surface area contributed by atoms with Gasteiger partial charge in [-0.05, 0) is 35.9 Å². The van der Waals surface area contributed by atoms with Crippen molar-refractivity contribution in [3.8, 4) is 23.0 Å². The van der Waals surface area contributed by atoms with Crippen molar-refractivity contribution in [1.29, 1.82) is 0 Å². The molecule has 1 aliphatic rings. The van der Waals surface area contributed by atoms with Gasteiger partial charge in [-0.2, -0.15) is 0 Å². The zero-order valence-electron chi connectivity index (χ0n) is 10.2. The Balaban J connectivity index is 2.08. The smallest absolute Gasteiger partial charge is 0.344 e. The molecule has 5 heteroatoms. The highest BCUT2D eigenvalue weighted by atomic mass is 16.5. The topological polar surface area (TPSA) is 87.0 Å². The van der Waals surface area contributed by atoms with E-state index < -0.39 is 5.97 Å². The highest BCUT2D eigenvalue weighted by Crippen LogP contribution is 2.38. The van der Waals surface area contributed by atoms with Crippen molar-refractivity contribution in [2.24, 2.45) is 0 Å². The summed E-state index contributed by atoms with van der Waals surface area (Å²) in [5, 5.41) is 28.1. The van der Waals surface area contributed by atoms with Gasteiger partial charge in [-0.1, -0.05) is 6.07 Å². The monoisotopic (exact) mass is 270 g/mol. The first-order valence-electron chi connectivity index (χ1n) is 5.84. The summed E-state index contributed by atoms with van der Waals surface area (Å²) >= 11 is 0. The van der Waals surface area contributed by atoms with Crippen molar-refractivity contribution in [2.75, 3.05) is 0 Å². The van der Waals surface area contributed by atoms with E-state index in [1.807, 2.05) is 0 Å². The van der Waals surface area contributed by atoms with E-state index >= 15 is 0 Å². The van der Waals surface area contributed by atoms with Gasteiger partial charge in [0.1, 0.15) is 11.5 Å². The summed E-state index contributed by atoms with van der Waals surface area (Å²) in [5.74, 6) is -0.717. The van der Waals surface area contributed by atoms with Gasteiger partial charge in [-0.15, -0.1) is 0 Å². The molecule has 1 aliphatic heterocycles. The van der Waals surface area contributed by atoms with Crippen LogP contribution in [0.1, 0.15) is 11.1 Å². The van der Waals surface area contributed by atoms with Crippen molar-refractivity contribution in [3.63, 3.8) is 0 Å². The van der Waals surface area contributed by atoms with Crippen LogP contribution in [0.15, 0.2) is 36.4 Å². The van der Waals surface area contributed by atoms with Gasteiger partial charge in [0.05, 0.1) is 5.57 Å². The van der Waals surface area contributed by atoms with Crippen molar-refractivity contribution in [2.45, 2.75) is 0 Å². The molecule has 0 spiro atoms.